The van der Waals surface area contributed by atoms with E-state index in [2.05, 4.69) is 6.92 Å². The van der Waals surface area contributed by atoms with Crippen LogP contribution >= 0.6 is 11.6 Å². The van der Waals surface area contributed by atoms with E-state index >= 15 is 0 Å². The van der Waals surface area contributed by atoms with Crippen molar-refractivity contribution in [2.45, 2.75) is 13.3 Å². The predicted octanol–water partition coefficient (Wildman–Crippen LogP) is 2.70. The topological polar surface area (TPSA) is 13.1 Å². The maximum atomic E-state index is 5.64. The Balaban J connectivity index is 2.40. The van der Waals surface area contributed by atoms with Gasteiger partial charge in [0.15, 0.2) is 0 Å². The summed E-state index contributed by atoms with van der Waals surface area (Å²) in [5, 5.41) is 0. The number of furan rings is 1. The standard InChI is InChI=1S/C8H11ClO/c1-7(5-9)4-8-2-3-10-6-8/h2-3,6-7H,4-5H2,1H3. The average molecular weight is 159 g/mol. The van der Waals surface area contributed by atoms with Crippen molar-refractivity contribution in [2.75, 3.05) is 5.88 Å². The van der Waals surface area contributed by atoms with Crippen molar-refractivity contribution in [3.63, 3.8) is 0 Å². The summed E-state index contributed by atoms with van der Waals surface area (Å²) in [6.45, 7) is 2.12. The van der Waals surface area contributed by atoms with Crippen molar-refractivity contribution in [2.24, 2.45) is 5.92 Å². The second-order valence-electron chi connectivity index (χ2n) is 2.60. The zero-order valence-electron chi connectivity index (χ0n) is 6.01. The molecule has 1 rings (SSSR count). The number of hydrogen-bond donors (Lipinski definition) is 0. The number of rotatable bonds is 3. The third-order valence-corrected chi connectivity index (χ3v) is 1.95. The minimum absolute atomic E-state index is 0.541. The van der Waals surface area contributed by atoms with E-state index in [0.29, 0.717) is 11.8 Å². The molecule has 1 atom stereocenters. The predicted molar refractivity (Wildman–Crippen MR) is 42.3 cm³/mol. The molecule has 0 saturated heterocycles. The van der Waals surface area contributed by atoms with Gasteiger partial charge < -0.3 is 4.42 Å². The molecule has 1 nitrogen and oxygen atoms in total. The fourth-order valence-electron chi connectivity index (χ4n) is 0.866. The third kappa shape index (κ3) is 2.07. The molecule has 0 bridgehead atoms. The molecule has 0 aliphatic heterocycles. The molecular formula is C8H11ClO. The lowest BCUT2D eigenvalue weighted by atomic mass is 10.1. The van der Waals surface area contributed by atoms with E-state index in [0.717, 1.165) is 6.42 Å². The minimum Gasteiger partial charge on any atom is -0.472 e. The first-order valence-electron chi connectivity index (χ1n) is 3.40. The van der Waals surface area contributed by atoms with Crippen molar-refractivity contribution >= 4 is 11.6 Å². The van der Waals surface area contributed by atoms with Gasteiger partial charge in [-0.1, -0.05) is 6.92 Å². The molecule has 0 N–H and O–H groups in total. The first kappa shape index (κ1) is 7.67. The highest BCUT2D eigenvalue weighted by atomic mass is 35.5. The Kier molecular flexibility index (Phi) is 2.82. The van der Waals surface area contributed by atoms with Crippen molar-refractivity contribution in [3.8, 4) is 0 Å². The summed E-state index contributed by atoms with van der Waals surface area (Å²) in [4.78, 5) is 0. The SMILES string of the molecule is CC(CCl)Cc1ccoc1. The lowest BCUT2D eigenvalue weighted by Crippen LogP contribution is -1.99. The van der Waals surface area contributed by atoms with E-state index in [9.17, 15) is 0 Å². The number of halogens is 1. The van der Waals surface area contributed by atoms with Crippen LogP contribution in [0.25, 0.3) is 0 Å². The normalized spacial score (nSPS) is 13.4. The van der Waals surface area contributed by atoms with Crippen molar-refractivity contribution in [1.29, 1.82) is 0 Å². The molecule has 1 aromatic heterocycles. The summed E-state index contributed by atoms with van der Waals surface area (Å²) in [5.74, 6) is 1.25. The van der Waals surface area contributed by atoms with E-state index in [1.165, 1.54) is 5.56 Å². The zero-order chi connectivity index (χ0) is 7.40. The molecule has 0 saturated carbocycles. The van der Waals surface area contributed by atoms with Gasteiger partial charge in [-0.25, -0.2) is 0 Å². The summed E-state index contributed by atoms with van der Waals surface area (Å²) in [7, 11) is 0. The van der Waals surface area contributed by atoms with Gasteiger partial charge in [-0.3, -0.25) is 0 Å². The van der Waals surface area contributed by atoms with Crippen LogP contribution in [0.2, 0.25) is 0 Å². The van der Waals surface area contributed by atoms with Crippen LogP contribution in [0.3, 0.4) is 0 Å². The molecule has 0 radical (unpaired) electrons. The van der Waals surface area contributed by atoms with E-state index < -0.39 is 0 Å². The van der Waals surface area contributed by atoms with Gasteiger partial charge in [0, 0.05) is 5.88 Å². The van der Waals surface area contributed by atoms with Gasteiger partial charge in [-0.05, 0) is 24.0 Å². The van der Waals surface area contributed by atoms with Gasteiger partial charge >= 0.3 is 0 Å². The molecule has 1 heterocycles. The number of hydrogen-bond acceptors (Lipinski definition) is 1. The molecule has 0 aliphatic carbocycles. The van der Waals surface area contributed by atoms with Crippen LogP contribution in [0.4, 0.5) is 0 Å². The molecule has 2 heteroatoms. The van der Waals surface area contributed by atoms with Crippen LogP contribution in [0.15, 0.2) is 23.0 Å². The van der Waals surface area contributed by atoms with Gasteiger partial charge in [-0.15, -0.1) is 11.6 Å². The number of alkyl halides is 1. The Morgan fingerprint density at radius 2 is 2.50 bits per heavy atom. The average Bonchev–Trinajstić information content (AvgIpc) is 2.40. The fraction of sp³-hybridized carbons (Fsp3) is 0.500. The maximum Gasteiger partial charge on any atom is 0.0934 e. The van der Waals surface area contributed by atoms with Gasteiger partial charge in [0.25, 0.3) is 0 Å². The fourth-order valence-corrected chi connectivity index (χ4v) is 0.975. The summed E-state index contributed by atoms with van der Waals surface area (Å²) in [5.41, 5.74) is 1.23. The van der Waals surface area contributed by atoms with E-state index in [-0.39, 0.29) is 0 Å². The van der Waals surface area contributed by atoms with Crippen LogP contribution in [0, 0.1) is 5.92 Å². The Morgan fingerprint density at radius 1 is 1.70 bits per heavy atom. The van der Waals surface area contributed by atoms with Crippen LogP contribution in [0.1, 0.15) is 12.5 Å². The Morgan fingerprint density at radius 3 is 3.00 bits per heavy atom. The molecule has 1 unspecified atom stereocenters. The second-order valence-corrected chi connectivity index (χ2v) is 2.90. The zero-order valence-corrected chi connectivity index (χ0v) is 6.77. The Labute approximate surface area is 66.0 Å². The second kappa shape index (κ2) is 3.67. The van der Waals surface area contributed by atoms with Crippen molar-refractivity contribution < 1.29 is 4.42 Å². The molecule has 1 aromatic rings. The monoisotopic (exact) mass is 158 g/mol. The molecule has 0 aliphatic rings. The molecule has 0 aromatic carbocycles. The van der Waals surface area contributed by atoms with E-state index in [1.54, 1.807) is 12.5 Å². The molecule has 0 fully saturated rings. The Hall–Kier alpha value is -0.430. The maximum absolute atomic E-state index is 5.64. The van der Waals surface area contributed by atoms with E-state index in [4.69, 9.17) is 16.0 Å². The summed E-state index contributed by atoms with van der Waals surface area (Å²) < 4.78 is 4.92. The molecule has 0 spiro atoms. The molecular weight excluding hydrogens is 148 g/mol. The molecule has 56 valence electrons. The Bertz CT molecular complexity index is 169. The largest absolute Gasteiger partial charge is 0.472 e. The van der Waals surface area contributed by atoms with Crippen molar-refractivity contribution in [3.05, 3.63) is 24.2 Å². The summed E-state index contributed by atoms with van der Waals surface area (Å²) >= 11 is 5.64. The summed E-state index contributed by atoms with van der Waals surface area (Å²) in [6.07, 6.45) is 4.47. The van der Waals surface area contributed by atoms with Crippen LogP contribution in [0.5, 0.6) is 0 Å². The van der Waals surface area contributed by atoms with Gasteiger partial charge in [-0.2, -0.15) is 0 Å². The first-order valence-corrected chi connectivity index (χ1v) is 3.93. The van der Waals surface area contributed by atoms with Crippen LogP contribution in [-0.4, -0.2) is 5.88 Å². The van der Waals surface area contributed by atoms with Gasteiger partial charge in [0.1, 0.15) is 0 Å². The van der Waals surface area contributed by atoms with Crippen molar-refractivity contribution in [1.82, 2.24) is 0 Å². The van der Waals surface area contributed by atoms with Gasteiger partial charge in [0.2, 0.25) is 0 Å². The lowest BCUT2D eigenvalue weighted by molar-refractivity contribution is 0.558. The van der Waals surface area contributed by atoms with Crippen LogP contribution in [-0.2, 0) is 6.42 Å². The lowest BCUT2D eigenvalue weighted by Gasteiger charge is -2.02. The quantitative estimate of drug-likeness (QED) is 0.617. The highest BCUT2D eigenvalue weighted by Gasteiger charge is 2.01. The highest BCUT2D eigenvalue weighted by molar-refractivity contribution is 6.18. The molecule has 0 amide bonds. The third-order valence-electron chi connectivity index (χ3n) is 1.43. The van der Waals surface area contributed by atoms with Gasteiger partial charge in [0.05, 0.1) is 12.5 Å². The smallest absolute Gasteiger partial charge is 0.0934 e. The van der Waals surface area contributed by atoms with Crippen LogP contribution < -0.4 is 0 Å². The molecule has 10 heavy (non-hydrogen) atoms. The minimum atomic E-state index is 0.541. The van der Waals surface area contributed by atoms with E-state index in [1.807, 2.05) is 6.07 Å². The summed E-state index contributed by atoms with van der Waals surface area (Å²) in [6, 6.07) is 1.98. The first-order chi connectivity index (χ1) is 4.83. The highest BCUT2D eigenvalue weighted by Crippen LogP contribution is 2.09.